The number of hydrogen-bond acceptors (Lipinski definition) is 4. The van der Waals surface area contributed by atoms with Crippen LogP contribution in [0, 0.1) is 0 Å². The van der Waals surface area contributed by atoms with Crippen molar-refractivity contribution in [3.05, 3.63) is 52.8 Å². The van der Waals surface area contributed by atoms with Gasteiger partial charge in [-0.15, -0.1) is 0 Å². The smallest absolute Gasteiger partial charge is 0.251 e. The Morgan fingerprint density at radius 1 is 1.23 bits per heavy atom. The number of nitrogens with zero attached hydrogens (tertiary/aromatic N) is 1. The van der Waals surface area contributed by atoms with Crippen molar-refractivity contribution in [3.8, 4) is 11.5 Å². The van der Waals surface area contributed by atoms with Crippen molar-refractivity contribution in [2.24, 2.45) is 0 Å². The third-order valence-corrected chi connectivity index (χ3v) is 3.45. The summed E-state index contributed by atoms with van der Waals surface area (Å²) < 4.78 is 10.5. The SMILES string of the molecule is COc1ccc(C(C)NC(=O)c2ccnc(Cl)c2)c(OC)c1. The van der Waals surface area contributed by atoms with E-state index in [1.54, 1.807) is 26.4 Å². The van der Waals surface area contributed by atoms with Gasteiger partial charge >= 0.3 is 0 Å². The molecule has 0 radical (unpaired) electrons. The lowest BCUT2D eigenvalue weighted by Crippen LogP contribution is -2.27. The summed E-state index contributed by atoms with van der Waals surface area (Å²) in [7, 11) is 3.17. The molecule has 1 amide bonds. The van der Waals surface area contributed by atoms with Gasteiger partial charge in [0.05, 0.1) is 20.3 Å². The highest BCUT2D eigenvalue weighted by molar-refractivity contribution is 6.29. The highest BCUT2D eigenvalue weighted by Gasteiger charge is 2.16. The van der Waals surface area contributed by atoms with Crippen molar-refractivity contribution in [2.75, 3.05) is 14.2 Å². The molecule has 0 aliphatic heterocycles. The first-order chi connectivity index (χ1) is 10.5. The van der Waals surface area contributed by atoms with Crippen molar-refractivity contribution < 1.29 is 14.3 Å². The molecule has 0 aliphatic rings. The summed E-state index contributed by atoms with van der Waals surface area (Å²) in [6.45, 7) is 1.88. The van der Waals surface area contributed by atoms with Crippen LogP contribution in [0.15, 0.2) is 36.5 Å². The van der Waals surface area contributed by atoms with Crippen LogP contribution in [0.2, 0.25) is 5.15 Å². The molecule has 0 fully saturated rings. The van der Waals surface area contributed by atoms with Crippen LogP contribution in [0.3, 0.4) is 0 Å². The second-order valence-electron chi connectivity index (χ2n) is 4.67. The summed E-state index contributed by atoms with van der Waals surface area (Å²) in [6, 6.07) is 8.36. The van der Waals surface area contributed by atoms with Crippen LogP contribution in [-0.4, -0.2) is 25.1 Å². The molecule has 5 nitrogen and oxygen atoms in total. The van der Waals surface area contributed by atoms with Gasteiger partial charge in [0, 0.05) is 23.4 Å². The van der Waals surface area contributed by atoms with E-state index in [1.807, 2.05) is 19.1 Å². The third-order valence-electron chi connectivity index (χ3n) is 3.24. The lowest BCUT2D eigenvalue weighted by atomic mass is 10.1. The Labute approximate surface area is 134 Å². The maximum atomic E-state index is 12.2. The van der Waals surface area contributed by atoms with Gasteiger partial charge in [-0.2, -0.15) is 0 Å². The van der Waals surface area contributed by atoms with Gasteiger partial charge in [0.25, 0.3) is 5.91 Å². The Kier molecular flexibility index (Phi) is 5.22. The van der Waals surface area contributed by atoms with E-state index in [0.29, 0.717) is 17.1 Å². The van der Waals surface area contributed by atoms with E-state index in [0.717, 1.165) is 5.56 Å². The molecule has 2 rings (SSSR count). The zero-order chi connectivity index (χ0) is 16.1. The van der Waals surface area contributed by atoms with Gasteiger partial charge in [0.2, 0.25) is 0 Å². The second kappa shape index (κ2) is 7.13. The molecular formula is C16H17ClN2O3. The molecule has 0 aliphatic carbocycles. The maximum Gasteiger partial charge on any atom is 0.251 e. The molecule has 0 saturated heterocycles. The lowest BCUT2D eigenvalue weighted by Gasteiger charge is -2.18. The minimum atomic E-state index is -0.236. The Hall–Kier alpha value is -2.27. The van der Waals surface area contributed by atoms with Gasteiger partial charge in [0.15, 0.2) is 0 Å². The topological polar surface area (TPSA) is 60.5 Å². The number of pyridine rings is 1. The average molecular weight is 321 g/mol. The van der Waals surface area contributed by atoms with Crippen LogP contribution in [0.4, 0.5) is 0 Å². The Balaban J connectivity index is 2.18. The molecule has 1 atom stereocenters. The molecule has 1 aromatic carbocycles. The zero-order valence-electron chi connectivity index (χ0n) is 12.6. The fourth-order valence-electron chi connectivity index (χ4n) is 2.08. The summed E-state index contributed by atoms with van der Waals surface area (Å²) in [5.74, 6) is 1.12. The summed E-state index contributed by atoms with van der Waals surface area (Å²) in [4.78, 5) is 16.1. The quantitative estimate of drug-likeness (QED) is 0.859. The predicted octanol–water partition coefficient (Wildman–Crippen LogP) is 3.24. The molecular weight excluding hydrogens is 304 g/mol. The molecule has 0 saturated carbocycles. The van der Waals surface area contributed by atoms with Crippen molar-refractivity contribution >= 4 is 17.5 Å². The summed E-state index contributed by atoms with van der Waals surface area (Å²) in [5.41, 5.74) is 1.32. The van der Waals surface area contributed by atoms with E-state index in [9.17, 15) is 4.79 Å². The Morgan fingerprint density at radius 3 is 2.64 bits per heavy atom. The zero-order valence-corrected chi connectivity index (χ0v) is 13.3. The van der Waals surface area contributed by atoms with Crippen LogP contribution < -0.4 is 14.8 Å². The van der Waals surface area contributed by atoms with E-state index < -0.39 is 0 Å². The van der Waals surface area contributed by atoms with Gasteiger partial charge in [-0.05, 0) is 31.2 Å². The van der Waals surface area contributed by atoms with Gasteiger partial charge in [-0.1, -0.05) is 11.6 Å². The molecule has 0 bridgehead atoms. The molecule has 2 aromatic rings. The largest absolute Gasteiger partial charge is 0.497 e. The second-order valence-corrected chi connectivity index (χ2v) is 5.06. The van der Waals surface area contributed by atoms with Crippen LogP contribution in [0.1, 0.15) is 28.9 Å². The number of carbonyl (C=O) groups excluding carboxylic acids is 1. The molecule has 22 heavy (non-hydrogen) atoms. The number of nitrogens with one attached hydrogen (secondary N) is 1. The van der Waals surface area contributed by atoms with Crippen LogP contribution >= 0.6 is 11.6 Å². The van der Waals surface area contributed by atoms with E-state index in [1.165, 1.54) is 12.3 Å². The van der Waals surface area contributed by atoms with Crippen molar-refractivity contribution in [3.63, 3.8) is 0 Å². The highest BCUT2D eigenvalue weighted by atomic mass is 35.5. The molecule has 1 unspecified atom stereocenters. The predicted molar refractivity (Wildman–Crippen MR) is 84.7 cm³/mol. The van der Waals surface area contributed by atoms with Crippen LogP contribution in [0.25, 0.3) is 0 Å². The summed E-state index contributed by atoms with van der Waals surface area (Å²) in [5, 5.41) is 3.19. The molecule has 1 N–H and O–H groups in total. The van der Waals surface area contributed by atoms with E-state index in [2.05, 4.69) is 10.3 Å². The minimum Gasteiger partial charge on any atom is -0.497 e. The molecule has 0 spiro atoms. The summed E-state index contributed by atoms with van der Waals surface area (Å²) in [6.07, 6.45) is 1.50. The Morgan fingerprint density at radius 2 is 2.00 bits per heavy atom. The number of carbonyl (C=O) groups is 1. The number of amides is 1. The molecule has 6 heteroatoms. The van der Waals surface area contributed by atoms with Gasteiger partial charge < -0.3 is 14.8 Å². The van der Waals surface area contributed by atoms with Crippen molar-refractivity contribution in [2.45, 2.75) is 13.0 Å². The van der Waals surface area contributed by atoms with Gasteiger partial charge in [-0.25, -0.2) is 4.98 Å². The van der Waals surface area contributed by atoms with Crippen molar-refractivity contribution in [1.29, 1.82) is 0 Å². The average Bonchev–Trinajstić information content (AvgIpc) is 2.54. The first kappa shape index (κ1) is 16.1. The van der Waals surface area contributed by atoms with E-state index >= 15 is 0 Å². The fraction of sp³-hybridized carbons (Fsp3) is 0.250. The number of halogens is 1. The fourth-order valence-corrected chi connectivity index (χ4v) is 2.25. The monoisotopic (exact) mass is 320 g/mol. The van der Waals surface area contributed by atoms with Crippen LogP contribution in [0.5, 0.6) is 11.5 Å². The van der Waals surface area contributed by atoms with Gasteiger partial charge in [-0.3, -0.25) is 4.79 Å². The third kappa shape index (κ3) is 3.68. The minimum absolute atomic E-state index is 0.227. The van der Waals surface area contributed by atoms with E-state index in [4.69, 9.17) is 21.1 Å². The number of ether oxygens (including phenoxy) is 2. The number of methoxy groups -OCH3 is 2. The van der Waals surface area contributed by atoms with E-state index in [-0.39, 0.29) is 17.1 Å². The van der Waals surface area contributed by atoms with Crippen LogP contribution in [-0.2, 0) is 0 Å². The highest BCUT2D eigenvalue weighted by Crippen LogP contribution is 2.29. The molecule has 116 valence electrons. The molecule has 1 aromatic heterocycles. The number of hydrogen-bond donors (Lipinski definition) is 1. The van der Waals surface area contributed by atoms with Gasteiger partial charge in [0.1, 0.15) is 16.7 Å². The Bertz CT molecular complexity index is 676. The first-order valence-corrected chi connectivity index (χ1v) is 7.07. The number of benzene rings is 1. The standard InChI is InChI=1S/C16H17ClN2O3/c1-10(13-5-4-12(21-2)9-14(13)22-3)19-16(20)11-6-7-18-15(17)8-11/h4-10H,1-3H3,(H,19,20). The summed E-state index contributed by atoms with van der Waals surface area (Å²) >= 11 is 5.80. The molecule has 1 heterocycles. The first-order valence-electron chi connectivity index (χ1n) is 6.69. The normalized spacial score (nSPS) is 11.6. The number of aromatic nitrogens is 1. The maximum absolute atomic E-state index is 12.2. The van der Waals surface area contributed by atoms with Crippen molar-refractivity contribution in [1.82, 2.24) is 10.3 Å². The number of rotatable bonds is 5. The lowest BCUT2D eigenvalue weighted by molar-refractivity contribution is 0.0939.